The first-order valence-electron chi connectivity index (χ1n) is 8.49. The number of aliphatic hydroxyl groups is 1. The van der Waals surface area contributed by atoms with Crippen molar-refractivity contribution in [1.29, 1.82) is 0 Å². The molecule has 0 aromatic heterocycles. The highest BCUT2D eigenvalue weighted by Crippen LogP contribution is 2.38. The third-order valence-electron chi connectivity index (χ3n) is 5.00. The minimum Gasteiger partial charge on any atom is -0.465 e. The van der Waals surface area contributed by atoms with Crippen LogP contribution in [-0.4, -0.2) is 29.9 Å². The zero-order valence-corrected chi connectivity index (χ0v) is 14.3. The second-order valence-electron chi connectivity index (χ2n) is 6.58. The summed E-state index contributed by atoms with van der Waals surface area (Å²) in [5, 5.41) is 10.7. The van der Waals surface area contributed by atoms with Gasteiger partial charge in [0, 0.05) is 12.8 Å². The quantitative estimate of drug-likeness (QED) is 0.818. The van der Waals surface area contributed by atoms with Crippen molar-refractivity contribution in [2.75, 3.05) is 6.61 Å². The number of esters is 1. The van der Waals surface area contributed by atoms with Crippen molar-refractivity contribution in [2.24, 2.45) is 17.8 Å². The zero-order chi connectivity index (χ0) is 16.8. The molecule has 1 saturated carbocycles. The molecule has 1 N–H and O–H groups in total. The first kappa shape index (κ1) is 18.0. The minimum absolute atomic E-state index is 0.0548. The van der Waals surface area contributed by atoms with Crippen molar-refractivity contribution in [1.82, 2.24) is 0 Å². The maximum Gasteiger partial charge on any atom is 0.302 e. The molecule has 1 aromatic carbocycles. The summed E-state index contributed by atoms with van der Waals surface area (Å²) in [6, 6.07) is 9.99. The van der Waals surface area contributed by atoms with Gasteiger partial charge < -0.3 is 14.6 Å². The van der Waals surface area contributed by atoms with Crippen molar-refractivity contribution in [3.63, 3.8) is 0 Å². The molecule has 2 rings (SSSR count). The predicted molar refractivity (Wildman–Crippen MR) is 88.7 cm³/mol. The Balaban J connectivity index is 2.02. The summed E-state index contributed by atoms with van der Waals surface area (Å²) in [5.41, 5.74) is 1.10. The topological polar surface area (TPSA) is 55.8 Å². The van der Waals surface area contributed by atoms with E-state index in [4.69, 9.17) is 9.47 Å². The molecule has 0 bridgehead atoms. The predicted octanol–water partition coefficient (Wildman–Crippen LogP) is 3.18. The van der Waals surface area contributed by atoms with E-state index in [2.05, 4.69) is 13.8 Å². The lowest BCUT2D eigenvalue weighted by atomic mass is 9.70. The maximum atomic E-state index is 11.1. The Hall–Kier alpha value is -1.39. The van der Waals surface area contributed by atoms with Gasteiger partial charge in [-0.2, -0.15) is 0 Å². The fourth-order valence-electron chi connectivity index (χ4n) is 3.54. The van der Waals surface area contributed by atoms with Gasteiger partial charge in [0.2, 0.25) is 0 Å². The van der Waals surface area contributed by atoms with E-state index in [-0.39, 0.29) is 30.5 Å². The first-order chi connectivity index (χ1) is 11.0. The van der Waals surface area contributed by atoms with Gasteiger partial charge in [-0.05, 0) is 23.8 Å². The number of carbonyl (C=O) groups excluding carboxylic acids is 1. The van der Waals surface area contributed by atoms with Crippen LogP contribution in [0.5, 0.6) is 0 Å². The standard InChI is InChI=1S/C19H28O4/c1-4-16-10-17(12-22-14(3)20)18(21)19(13(16)2)23-11-15-8-6-5-7-9-15/h5-9,13,16-19,21H,4,10-12H2,1-3H3/t13-,16+,17-,18+,19+/m1/s1. The van der Waals surface area contributed by atoms with Gasteiger partial charge in [0.25, 0.3) is 0 Å². The van der Waals surface area contributed by atoms with E-state index in [1.54, 1.807) is 0 Å². The van der Waals surface area contributed by atoms with Crippen molar-refractivity contribution < 1.29 is 19.4 Å². The fraction of sp³-hybridized carbons (Fsp3) is 0.632. The number of benzene rings is 1. The highest BCUT2D eigenvalue weighted by Gasteiger charge is 2.42. The van der Waals surface area contributed by atoms with E-state index in [0.29, 0.717) is 12.5 Å². The smallest absolute Gasteiger partial charge is 0.302 e. The Kier molecular flexibility index (Phi) is 6.60. The number of carbonyl (C=O) groups is 1. The van der Waals surface area contributed by atoms with Crippen LogP contribution in [-0.2, 0) is 20.9 Å². The molecule has 4 nitrogen and oxygen atoms in total. The second-order valence-corrected chi connectivity index (χ2v) is 6.58. The molecule has 0 heterocycles. The lowest BCUT2D eigenvalue weighted by molar-refractivity contribution is -0.158. The Morgan fingerprint density at radius 1 is 1.26 bits per heavy atom. The second kappa shape index (κ2) is 8.46. The van der Waals surface area contributed by atoms with Gasteiger partial charge in [0.05, 0.1) is 25.4 Å². The van der Waals surface area contributed by atoms with Crippen molar-refractivity contribution in [2.45, 2.75) is 52.4 Å². The summed E-state index contributed by atoms with van der Waals surface area (Å²) >= 11 is 0. The van der Waals surface area contributed by atoms with Gasteiger partial charge in [-0.15, -0.1) is 0 Å². The Labute approximate surface area is 138 Å². The highest BCUT2D eigenvalue weighted by molar-refractivity contribution is 5.65. The van der Waals surface area contributed by atoms with Crippen LogP contribution in [0.1, 0.15) is 39.2 Å². The molecule has 0 amide bonds. The molecular weight excluding hydrogens is 292 g/mol. The number of rotatable bonds is 6. The molecule has 0 spiro atoms. The summed E-state index contributed by atoms with van der Waals surface area (Å²) in [4.78, 5) is 11.1. The van der Waals surface area contributed by atoms with Gasteiger partial charge in [-0.1, -0.05) is 50.6 Å². The maximum absolute atomic E-state index is 11.1. The van der Waals surface area contributed by atoms with E-state index >= 15 is 0 Å². The van der Waals surface area contributed by atoms with Crippen molar-refractivity contribution >= 4 is 5.97 Å². The van der Waals surface area contributed by atoms with E-state index in [1.165, 1.54) is 6.92 Å². The Morgan fingerprint density at radius 2 is 1.96 bits per heavy atom. The zero-order valence-electron chi connectivity index (χ0n) is 14.3. The van der Waals surface area contributed by atoms with Crippen LogP contribution in [0.3, 0.4) is 0 Å². The molecule has 4 heteroatoms. The third kappa shape index (κ3) is 4.79. The van der Waals surface area contributed by atoms with Gasteiger partial charge in [0.1, 0.15) is 0 Å². The Morgan fingerprint density at radius 3 is 2.57 bits per heavy atom. The molecule has 0 saturated heterocycles. The molecule has 1 aromatic rings. The van der Waals surface area contributed by atoms with E-state index < -0.39 is 6.10 Å². The monoisotopic (exact) mass is 320 g/mol. The molecule has 128 valence electrons. The molecule has 0 unspecified atom stereocenters. The molecule has 0 radical (unpaired) electrons. The van der Waals surface area contributed by atoms with E-state index in [1.807, 2.05) is 30.3 Å². The molecule has 1 aliphatic rings. The molecule has 5 atom stereocenters. The van der Waals surface area contributed by atoms with Crippen LogP contribution < -0.4 is 0 Å². The first-order valence-corrected chi connectivity index (χ1v) is 8.49. The summed E-state index contributed by atoms with van der Waals surface area (Å²) in [6.07, 6.45) is 1.08. The molecule has 23 heavy (non-hydrogen) atoms. The fourth-order valence-corrected chi connectivity index (χ4v) is 3.54. The van der Waals surface area contributed by atoms with E-state index in [9.17, 15) is 9.90 Å². The number of hydrogen-bond donors (Lipinski definition) is 1. The molecule has 1 aliphatic carbocycles. The molecule has 0 aliphatic heterocycles. The van der Waals surface area contributed by atoms with Crippen LogP contribution in [0.25, 0.3) is 0 Å². The van der Waals surface area contributed by atoms with Crippen LogP contribution in [0, 0.1) is 17.8 Å². The van der Waals surface area contributed by atoms with Crippen molar-refractivity contribution in [3.05, 3.63) is 35.9 Å². The highest BCUT2D eigenvalue weighted by atomic mass is 16.5. The molecule has 1 fully saturated rings. The number of hydrogen-bond acceptors (Lipinski definition) is 4. The normalized spacial score (nSPS) is 30.9. The van der Waals surface area contributed by atoms with Gasteiger partial charge in [0.15, 0.2) is 0 Å². The Bertz CT molecular complexity index is 487. The summed E-state index contributed by atoms with van der Waals surface area (Å²) < 4.78 is 11.2. The largest absolute Gasteiger partial charge is 0.465 e. The SMILES string of the molecule is CC[C@H]1C[C@H](COC(C)=O)[C@H](O)[C@@H](OCc2ccccc2)[C@@H]1C. The molecular formula is C19H28O4. The lowest BCUT2D eigenvalue weighted by Crippen LogP contribution is -2.49. The minimum atomic E-state index is -0.601. The van der Waals surface area contributed by atoms with Gasteiger partial charge in [-0.3, -0.25) is 4.79 Å². The lowest BCUT2D eigenvalue weighted by Gasteiger charge is -2.43. The van der Waals surface area contributed by atoms with Crippen LogP contribution in [0.15, 0.2) is 30.3 Å². The summed E-state index contributed by atoms with van der Waals surface area (Å²) in [7, 11) is 0. The third-order valence-corrected chi connectivity index (χ3v) is 5.00. The average Bonchev–Trinajstić information content (AvgIpc) is 2.55. The van der Waals surface area contributed by atoms with Crippen LogP contribution >= 0.6 is 0 Å². The van der Waals surface area contributed by atoms with Crippen LogP contribution in [0.2, 0.25) is 0 Å². The average molecular weight is 320 g/mol. The van der Waals surface area contributed by atoms with Crippen molar-refractivity contribution in [3.8, 4) is 0 Å². The van der Waals surface area contributed by atoms with Crippen LogP contribution in [0.4, 0.5) is 0 Å². The summed E-state index contributed by atoms with van der Waals surface area (Å²) in [6.45, 7) is 6.47. The van der Waals surface area contributed by atoms with Gasteiger partial charge in [-0.25, -0.2) is 0 Å². The van der Waals surface area contributed by atoms with E-state index in [0.717, 1.165) is 18.4 Å². The number of aliphatic hydroxyl groups excluding tert-OH is 1. The summed E-state index contributed by atoms with van der Waals surface area (Å²) in [5.74, 6) is 0.401. The number of ether oxygens (including phenoxy) is 2. The van der Waals surface area contributed by atoms with Gasteiger partial charge >= 0.3 is 5.97 Å².